The van der Waals surface area contributed by atoms with Gasteiger partial charge in [-0.05, 0) is 0 Å². The zero-order chi connectivity index (χ0) is 6.41. The van der Waals surface area contributed by atoms with Crippen LogP contribution in [0.1, 0.15) is 0 Å². The van der Waals surface area contributed by atoms with Gasteiger partial charge >= 0.3 is 0 Å². The van der Waals surface area contributed by atoms with Crippen LogP contribution in [0.4, 0.5) is 0 Å². The Labute approximate surface area is 52.0 Å². The highest BCUT2D eigenvalue weighted by molar-refractivity contribution is 7.80. The lowest BCUT2D eigenvalue weighted by molar-refractivity contribution is 0.530. The zero-order valence-corrected chi connectivity index (χ0v) is 4.89. The van der Waals surface area contributed by atoms with Gasteiger partial charge in [0.2, 0.25) is 6.29 Å². The predicted octanol–water partition coefficient (Wildman–Crippen LogP) is -0.335. The molecule has 1 radical (unpaired) electrons. The normalized spacial score (nSPS) is 12.1. The number of nitrogens with one attached hydrogen (secondary N) is 1. The van der Waals surface area contributed by atoms with E-state index in [1.165, 1.54) is 6.29 Å². The van der Waals surface area contributed by atoms with E-state index in [9.17, 15) is 9.70 Å². The van der Waals surface area contributed by atoms with E-state index in [0.29, 0.717) is 0 Å². The van der Waals surface area contributed by atoms with Crippen molar-refractivity contribution >= 4 is 18.9 Å². The van der Waals surface area contributed by atoms with Crippen molar-refractivity contribution in [2.75, 3.05) is 5.75 Å². The molecule has 8 heavy (non-hydrogen) atoms. The van der Waals surface area contributed by atoms with Gasteiger partial charge in [-0.25, -0.2) is 0 Å². The first-order valence-electron chi connectivity index (χ1n) is 1.91. The summed E-state index contributed by atoms with van der Waals surface area (Å²) in [6.45, 7) is 0. The van der Waals surface area contributed by atoms with Gasteiger partial charge in [0.1, 0.15) is 6.04 Å². The summed E-state index contributed by atoms with van der Waals surface area (Å²) in [5, 5.41) is 2.27. The Bertz CT molecular complexity index is 87.4. The predicted molar refractivity (Wildman–Crippen MR) is 32.3 cm³/mol. The fourth-order valence-corrected chi connectivity index (χ4v) is 0.324. The van der Waals surface area contributed by atoms with Crippen LogP contribution in [0.25, 0.3) is 0 Å². The molecule has 0 fully saturated rings. The summed E-state index contributed by atoms with van der Waals surface area (Å²) in [5.41, 5.74) is 1.95. The molecule has 0 rings (SSSR count). The number of carbonyl (C=O) groups excluding carboxylic acids is 1. The van der Waals surface area contributed by atoms with Crippen molar-refractivity contribution in [3.8, 4) is 0 Å². The van der Waals surface area contributed by atoms with Crippen LogP contribution in [-0.4, -0.2) is 18.1 Å². The molecule has 0 aromatic heterocycles. The van der Waals surface area contributed by atoms with Crippen LogP contribution >= 0.6 is 12.6 Å². The topological polar surface area (TPSA) is 58.5 Å². The minimum absolute atomic E-state index is 0.231. The Morgan fingerprint density at radius 2 is 2.50 bits per heavy atom. The molecular formula is C3H5N2O2S. The van der Waals surface area contributed by atoms with Crippen LogP contribution in [0.2, 0.25) is 0 Å². The highest BCUT2D eigenvalue weighted by Crippen LogP contribution is 1.80. The third-order valence-electron chi connectivity index (χ3n) is 0.533. The average Bonchev–Trinajstić information content (AvgIpc) is 1.83. The van der Waals surface area contributed by atoms with Crippen LogP contribution < -0.4 is 5.43 Å². The first-order valence-corrected chi connectivity index (χ1v) is 2.54. The summed E-state index contributed by atoms with van der Waals surface area (Å²) in [4.78, 5) is 19.0. The van der Waals surface area contributed by atoms with Crippen molar-refractivity contribution < 1.29 is 4.79 Å². The Hall–Kier alpha value is -0.580. The first-order chi connectivity index (χ1) is 3.85. The van der Waals surface area contributed by atoms with E-state index < -0.39 is 6.04 Å². The van der Waals surface area contributed by atoms with E-state index >= 15 is 0 Å². The molecule has 0 aliphatic heterocycles. The van der Waals surface area contributed by atoms with E-state index in [1.54, 1.807) is 0 Å². The third kappa shape index (κ3) is 2.57. The van der Waals surface area contributed by atoms with Crippen molar-refractivity contribution in [3.05, 3.63) is 4.91 Å². The van der Waals surface area contributed by atoms with Crippen LogP contribution in [0.3, 0.4) is 0 Å². The second-order valence-corrected chi connectivity index (χ2v) is 1.44. The molecule has 45 valence electrons. The molecule has 0 aromatic rings. The SMILES string of the molecule is O=[C][C@@H](CS)NN=O. The molecule has 0 unspecified atom stereocenters. The molecule has 0 aliphatic carbocycles. The Balaban J connectivity index is 3.35. The lowest BCUT2D eigenvalue weighted by Crippen LogP contribution is -2.26. The summed E-state index contributed by atoms with van der Waals surface area (Å²) < 4.78 is 0. The molecule has 0 aliphatic rings. The Morgan fingerprint density at radius 3 is 2.62 bits per heavy atom. The second-order valence-electron chi connectivity index (χ2n) is 1.07. The fourth-order valence-electron chi connectivity index (χ4n) is 0.168. The van der Waals surface area contributed by atoms with E-state index in [2.05, 4.69) is 17.9 Å². The van der Waals surface area contributed by atoms with Gasteiger partial charge in [-0.1, -0.05) is 0 Å². The number of nitrogens with zero attached hydrogens (tertiary/aromatic N) is 1. The van der Waals surface area contributed by atoms with Gasteiger partial charge in [0, 0.05) is 5.75 Å². The lowest BCUT2D eigenvalue weighted by Gasteiger charge is -1.97. The Morgan fingerprint density at radius 1 is 1.88 bits per heavy atom. The van der Waals surface area contributed by atoms with Gasteiger partial charge in [0.15, 0.2) is 0 Å². The van der Waals surface area contributed by atoms with Crippen LogP contribution in [0.5, 0.6) is 0 Å². The summed E-state index contributed by atoms with van der Waals surface area (Å²) in [6.07, 6.45) is 1.52. The van der Waals surface area contributed by atoms with Crippen molar-refractivity contribution in [2.45, 2.75) is 6.04 Å². The van der Waals surface area contributed by atoms with Crippen LogP contribution in [0, 0.1) is 4.91 Å². The molecule has 0 saturated carbocycles. The highest BCUT2D eigenvalue weighted by atomic mass is 32.1. The van der Waals surface area contributed by atoms with E-state index in [1.807, 2.05) is 5.43 Å². The third-order valence-corrected chi connectivity index (χ3v) is 0.899. The molecule has 0 amide bonds. The van der Waals surface area contributed by atoms with Crippen LogP contribution in [0.15, 0.2) is 5.29 Å². The molecule has 1 atom stereocenters. The molecule has 4 nitrogen and oxygen atoms in total. The lowest BCUT2D eigenvalue weighted by atomic mass is 10.4. The first kappa shape index (κ1) is 7.42. The number of hydrogen-bond acceptors (Lipinski definition) is 4. The fraction of sp³-hybridized carbons (Fsp3) is 0.667. The monoisotopic (exact) mass is 133 g/mol. The standard InChI is InChI=1S/C3H5N2O2S/c6-1-3(2-8)4-5-7/h3,8H,2H2,(H,4,7)/t3-/m0/s1. The maximum Gasteiger partial charge on any atom is 0.225 e. The highest BCUT2D eigenvalue weighted by Gasteiger charge is 2.01. The Kier molecular flexibility index (Phi) is 4.24. The van der Waals surface area contributed by atoms with Gasteiger partial charge in [-0.3, -0.25) is 10.2 Å². The molecule has 0 aromatic carbocycles. The second kappa shape index (κ2) is 4.58. The van der Waals surface area contributed by atoms with Gasteiger partial charge in [-0.15, -0.1) is 4.91 Å². The van der Waals surface area contributed by atoms with E-state index in [0.717, 1.165) is 0 Å². The largest absolute Gasteiger partial charge is 0.288 e. The van der Waals surface area contributed by atoms with Crippen LogP contribution in [-0.2, 0) is 4.79 Å². The van der Waals surface area contributed by atoms with Gasteiger partial charge in [0.25, 0.3) is 0 Å². The minimum Gasteiger partial charge on any atom is -0.288 e. The number of thiol groups is 1. The summed E-state index contributed by atoms with van der Waals surface area (Å²) in [5.74, 6) is 0.231. The van der Waals surface area contributed by atoms with Crippen molar-refractivity contribution in [2.24, 2.45) is 5.29 Å². The quantitative estimate of drug-likeness (QED) is 0.313. The summed E-state index contributed by atoms with van der Waals surface area (Å²) >= 11 is 3.71. The van der Waals surface area contributed by atoms with Gasteiger partial charge in [-0.2, -0.15) is 12.6 Å². The molecule has 1 N–H and O–H groups in total. The number of rotatable bonds is 4. The van der Waals surface area contributed by atoms with Gasteiger partial charge < -0.3 is 0 Å². The van der Waals surface area contributed by atoms with E-state index in [4.69, 9.17) is 0 Å². The molecular weight excluding hydrogens is 128 g/mol. The maximum atomic E-state index is 9.69. The zero-order valence-electron chi connectivity index (χ0n) is 4.00. The van der Waals surface area contributed by atoms with Gasteiger partial charge in [0.05, 0.1) is 5.29 Å². The van der Waals surface area contributed by atoms with E-state index in [-0.39, 0.29) is 5.75 Å². The molecule has 0 saturated heterocycles. The number of nitroso groups, excluding NO2 is 1. The molecule has 0 spiro atoms. The summed E-state index contributed by atoms with van der Waals surface area (Å²) in [6, 6.07) is -0.671. The molecule has 0 heterocycles. The molecule has 5 heteroatoms. The van der Waals surface area contributed by atoms with Crippen molar-refractivity contribution in [1.29, 1.82) is 0 Å². The van der Waals surface area contributed by atoms with Crippen molar-refractivity contribution in [3.63, 3.8) is 0 Å². The smallest absolute Gasteiger partial charge is 0.225 e. The summed E-state index contributed by atoms with van der Waals surface area (Å²) in [7, 11) is 0. The number of hydrogen-bond donors (Lipinski definition) is 2. The average molecular weight is 133 g/mol. The molecule has 0 bridgehead atoms. The minimum atomic E-state index is -0.671. The maximum absolute atomic E-state index is 9.69. The van der Waals surface area contributed by atoms with Crippen molar-refractivity contribution in [1.82, 2.24) is 5.43 Å².